The van der Waals surface area contributed by atoms with Crippen molar-refractivity contribution in [1.82, 2.24) is 4.72 Å². The SMILES string of the molecule is CNS(=O)(=O)c1cc(N)ccc1Oc1ccc(F)cc1. The summed E-state index contributed by atoms with van der Waals surface area (Å²) in [5.41, 5.74) is 5.89. The quantitative estimate of drug-likeness (QED) is 0.847. The molecule has 0 fully saturated rings. The number of benzene rings is 2. The van der Waals surface area contributed by atoms with Crippen LogP contribution >= 0.6 is 0 Å². The van der Waals surface area contributed by atoms with Gasteiger partial charge >= 0.3 is 0 Å². The molecule has 0 saturated carbocycles. The summed E-state index contributed by atoms with van der Waals surface area (Å²) in [6.07, 6.45) is 0. The van der Waals surface area contributed by atoms with E-state index in [9.17, 15) is 12.8 Å². The second-order valence-electron chi connectivity index (χ2n) is 3.97. The van der Waals surface area contributed by atoms with E-state index in [1.165, 1.54) is 49.5 Å². The standard InChI is InChI=1S/C13H13FN2O3S/c1-16-20(17,18)13-8-10(15)4-7-12(13)19-11-5-2-9(14)3-6-11/h2-8,16H,15H2,1H3. The summed E-state index contributed by atoms with van der Waals surface area (Å²) in [6.45, 7) is 0. The molecule has 0 radical (unpaired) electrons. The predicted molar refractivity (Wildman–Crippen MR) is 73.6 cm³/mol. The maximum atomic E-state index is 12.8. The van der Waals surface area contributed by atoms with E-state index < -0.39 is 15.8 Å². The van der Waals surface area contributed by atoms with Crippen molar-refractivity contribution in [2.24, 2.45) is 0 Å². The Balaban J connectivity index is 2.44. The zero-order valence-corrected chi connectivity index (χ0v) is 11.4. The van der Waals surface area contributed by atoms with Gasteiger partial charge in [-0.3, -0.25) is 0 Å². The summed E-state index contributed by atoms with van der Waals surface area (Å²) in [7, 11) is -2.42. The van der Waals surface area contributed by atoms with E-state index in [0.29, 0.717) is 11.4 Å². The topological polar surface area (TPSA) is 81.4 Å². The van der Waals surface area contributed by atoms with Crippen molar-refractivity contribution in [3.8, 4) is 11.5 Å². The Morgan fingerprint density at radius 1 is 1.15 bits per heavy atom. The first kappa shape index (κ1) is 14.3. The lowest BCUT2D eigenvalue weighted by atomic mass is 10.3. The van der Waals surface area contributed by atoms with E-state index in [1.54, 1.807) is 0 Å². The molecule has 0 unspecified atom stereocenters. The molecule has 0 aromatic heterocycles. The van der Waals surface area contributed by atoms with E-state index in [4.69, 9.17) is 10.5 Å². The Morgan fingerprint density at radius 2 is 1.80 bits per heavy atom. The molecule has 2 aromatic carbocycles. The minimum atomic E-state index is -3.71. The van der Waals surface area contributed by atoms with Crippen molar-refractivity contribution < 1.29 is 17.5 Å². The predicted octanol–water partition coefficient (Wildman–Crippen LogP) is 2.11. The highest BCUT2D eigenvalue weighted by atomic mass is 32.2. The summed E-state index contributed by atoms with van der Waals surface area (Å²) in [6, 6.07) is 9.52. The van der Waals surface area contributed by atoms with E-state index >= 15 is 0 Å². The molecular formula is C13H13FN2O3S. The van der Waals surface area contributed by atoms with Crippen molar-refractivity contribution in [3.05, 3.63) is 48.3 Å². The van der Waals surface area contributed by atoms with Crippen LogP contribution in [-0.4, -0.2) is 15.5 Å². The van der Waals surface area contributed by atoms with Crippen molar-refractivity contribution in [1.29, 1.82) is 0 Å². The third-order valence-corrected chi connectivity index (χ3v) is 4.00. The molecule has 0 aliphatic heterocycles. The maximum Gasteiger partial charge on any atom is 0.244 e. The van der Waals surface area contributed by atoms with Crippen LogP contribution in [0.2, 0.25) is 0 Å². The Labute approximate surface area is 116 Å². The summed E-state index contributed by atoms with van der Waals surface area (Å²) in [5.74, 6) is 0.0293. The first-order valence-corrected chi connectivity index (χ1v) is 7.17. The first-order valence-electron chi connectivity index (χ1n) is 5.69. The number of hydrogen-bond acceptors (Lipinski definition) is 4. The fraction of sp³-hybridized carbons (Fsp3) is 0.0769. The smallest absolute Gasteiger partial charge is 0.244 e. The van der Waals surface area contributed by atoms with Gasteiger partial charge in [0.2, 0.25) is 10.0 Å². The van der Waals surface area contributed by atoms with Crippen LogP contribution in [0.5, 0.6) is 11.5 Å². The van der Waals surface area contributed by atoms with Gasteiger partial charge in [0.1, 0.15) is 22.2 Å². The lowest BCUT2D eigenvalue weighted by molar-refractivity contribution is 0.465. The zero-order valence-electron chi connectivity index (χ0n) is 10.6. The molecule has 0 heterocycles. The summed E-state index contributed by atoms with van der Waals surface area (Å²) in [5, 5.41) is 0. The second-order valence-corrected chi connectivity index (χ2v) is 5.82. The third-order valence-electron chi connectivity index (χ3n) is 2.57. The Morgan fingerprint density at radius 3 is 2.40 bits per heavy atom. The molecule has 0 aliphatic carbocycles. The average Bonchev–Trinajstić information content (AvgIpc) is 2.43. The van der Waals surface area contributed by atoms with Crippen LogP contribution in [0.3, 0.4) is 0 Å². The second kappa shape index (κ2) is 5.48. The van der Waals surface area contributed by atoms with Gasteiger partial charge in [-0.1, -0.05) is 0 Å². The number of nitrogens with one attached hydrogen (secondary N) is 1. The van der Waals surface area contributed by atoms with Crippen LogP contribution in [0.15, 0.2) is 47.4 Å². The molecule has 0 bridgehead atoms. The van der Waals surface area contributed by atoms with Crippen molar-refractivity contribution >= 4 is 15.7 Å². The molecule has 0 amide bonds. The van der Waals surface area contributed by atoms with E-state index in [2.05, 4.69) is 4.72 Å². The lowest BCUT2D eigenvalue weighted by Gasteiger charge is -2.12. The molecular weight excluding hydrogens is 283 g/mol. The van der Waals surface area contributed by atoms with Gasteiger partial charge in [-0.2, -0.15) is 0 Å². The molecule has 106 valence electrons. The van der Waals surface area contributed by atoms with Crippen molar-refractivity contribution in [2.75, 3.05) is 12.8 Å². The highest BCUT2D eigenvalue weighted by Gasteiger charge is 2.18. The Hall–Kier alpha value is -2.12. The molecule has 2 rings (SSSR count). The zero-order chi connectivity index (χ0) is 14.8. The molecule has 0 aliphatic rings. The molecule has 0 saturated heterocycles. The van der Waals surface area contributed by atoms with Crippen LogP contribution in [0.1, 0.15) is 0 Å². The van der Waals surface area contributed by atoms with E-state index in [0.717, 1.165) is 0 Å². The number of hydrogen-bond donors (Lipinski definition) is 2. The number of halogens is 1. The van der Waals surface area contributed by atoms with E-state index in [1.807, 2.05) is 0 Å². The molecule has 7 heteroatoms. The van der Waals surface area contributed by atoms with Crippen molar-refractivity contribution in [3.63, 3.8) is 0 Å². The van der Waals surface area contributed by atoms with Crippen LogP contribution in [0.4, 0.5) is 10.1 Å². The summed E-state index contributed by atoms with van der Waals surface area (Å²) in [4.78, 5) is -0.0793. The van der Waals surface area contributed by atoms with Crippen LogP contribution in [-0.2, 0) is 10.0 Å². The molecule has 2 aromatic rings. The molecule has 5 nitrogen and oxygen atoms in total. The van der Waals surface area contributed by atoms with Crippen LogP contribution in [0, 0.1) is 5.82 Å². The fourth-order valence-corrected chi connectivity index (χ4v) is 2.44. The number of ether oxygens (including phenoxy) is 1. The largest absolute Gasteiger partial charge is 0.456 e. The minimum absolute atomic E-state index is 0.0793. The highest BCUT2D eigenvalue weighted by molar-refractivity contribution is 7.89. The van der Waals surface area contributed by atoms with Gasteiger partial charge in [-0.25, -0.2) is 17.5 Å². The van der Waals surface area contributed by atoms with Gasteiger partial charge < -0.3 is 10.5 Å². The summed E-state index contributed by atoms with van der Waals surface area (Å²) < 4.78 is 44.3. The summed E-state index contributed by atoms with van der Waals surface area (Å²) >= 11 is 0. The molecule has 0 atom stereocenters. The minimum Gasteiger partial charge on any atom is -0.456 e. The van der Waals surface area contributed by atoms with Gasteiger partial charge in [-0.15, -0.1) is 0 Å². The Bertz CT molecular complexity index is 715. The van der Waals surface area contributed by atoms with Crippen LogP contribution < -0.4 is 15.2 Å². The lowest BCUT2D eigenvalue weighted by Crippen LogP contribution is -2.19. The van der Waals surface area contributed by atoms with Gasteiger partial charge in [0, 0.05) is 5.69 Å². The fourth-order valence-electron chi connectivity index (χ4n) is 1.56. The van der Waals surface area contributed by atoms with Gasteiger partial charge in [0.15, 0.2) is 0 Å². The normalized spacial score (nSPS) is 11.3. The van der Waals surface area contributed by atoms with Crippen molar-refractivity contribution in [2.45, 2.75) is 4.90 Å². The van der Waals surface area contributed by atoms with Crippen LogP contribution in [0.25, 0.3) is 0 Å². The highest BCUT2D eigenvalue weighted by Crippen LogP contribution is 2.30. The molecule has 0 spiro atoms. The molecule has 20 heavy (non-hydrogen) atoms. The van der Waals surface area contributed by atoms with E-state index in [-0.39, 0.29) is 10.6 Å². The van der Waals surface area contributed by atoms with Gasteiger partial charge in [-0.05, 0) is 49.5 Å². The Kier molecular flexibility index (Phi) is 3.91. The molecule has 3 N–H and O–H groups in total. The third kappa shape index (κ3) is 3.06. The monoisotopic (exact) mass is 296 g/mol. The van der Waals surface area contributed by atoms with Gasteiger partial charge in [0.05, 0.1) is 0 Å². The number of nitrogens with two attached hydrogens (primary N) is 1. The number of sulfonamides is 1. The van der Waals surface area contributed by atoms with Gasteiger partial charge in [0.25, 0.3) is 0 Å². The average molecular weight is 296 g/mol. The number of nitrogen functional groups attached to an aromatic ring is 1. The number of rotatable bonds is 4. The maximum absolute atomic E-state index is 12.8. The number of anilines is 1. The first-order chi connectivity index (χ1) is 9.42.